The molecule has 0 aliphatic heterocycles. The molecule has 26 heavy (non-hydrogen) atoms. The van der Waals surface area contributed by atoms with Crippen LogP contribution in [-0.4, -0.2) is 38.7 Å². The molecule has 0 spiro atoms. The number of carbonyl (C=O) groups is 2. The molecule has 0 atom stereocenters. The molecule has 2 N–H and O–H groups in total. The molecule has 0 saturated heterocycles. The summed E-state index contributed by atoms with van der Waals surface area (Å²) >= 11 is 0. The maximum atomic E-state index is 12.0. The molecule has 0 radical (unpaired) electrons. The van der Waals surface area contributed by atoms with Crippen LogP contribution in [0.4, 0.5) is 5.69 Å². The molecular weight excluding hydrogens is 332 g/mol. The number of methoxy groups -OCH3 is 1. The molecule has 0 aromatic heterocycles. The quantitative estimate of drug-likeness (QED) is 0.678. The lowest BCUT2D eigenvalue weighted by atomic mass is 10.2. The van der Waals surface area contributed by atoms with Gasteiger partial charge in [0, 0.05) is 31.5 Å². The maximum absolute atomic E-state index is 12.0. The number of anilines is 1. The van der Waals surface area contributed by atoms with E-state index >= 15 is 0 Å². The van der Waals surface area contributed by atoms with E-state index in [0.717, 1.165) is 12.0 Å². The highest BCUT2D eigenvalue weighted by Gasteiger charge is 2.07. The molecule has 0 fully saturated rings. The van der Waals surface area contributed by atoms with Gasteiger partial charge in [0.2, 0.25) is 0 Å². The first-order chi connectivity index (χ1) is 12.6. The predicted octanol–water partition coefficient (Wildman–Crippen LogP) is 2.78. The van der Waals surface area contributed by atoms with Gasteiger partial charge in [-0.1, -0.05) is 17.7 Å². The number of rotatable bonds is 9. The summed E-state index contributed by atoms with van der Waals surface area (Å²) in [5.41, 5.74) is 2.28. The van der Waals surface area contributed by atoms with Crippen molar-refractivity contribution in [1.29, 1.82) is 0 Å². The van der Waals surface area contributed by atoms with E-state index < -0.39 is 0 Å². The minimum atomic E-state index is -0.262. The van der Waals surface area contributed by atoms with Gasteiger partial charge in [-0.05, 0) is 49.7 Å². The summed E-state index contributed by atoms with van der Waals surface area (Å²) in [4.78, 5) is 23.9. The Bertz CT molecular complexity index is 712. The Balaban J connectivity index is 1.77. The van der Waals surface area contributed by atoms with Crippen LogP contribution in [0.5, 0.6) is 5.75 Å². The third kappa shape index (κ3) is 6.57. The summed E-state index contributed by atoms with van der Waals surface area (Å²) in [7, 11) is 1.63. The number of hydrogen-bond donors (Lipinski definition) is 2. The zero-order valence-electron chi connectivity index (χ0n) is 15.1. The van der Waals surface area contributed by atoms with Crippen LogP contribution in [-0.2, 0) is 9.53 Å². The largest absolute Gasteiger partial charge is 0.484 e. The lowest BCUT2D eigenvalue weighted by molar-refractivity contribution is -0.118. The fourth-order valence-corrected chi connectivity index (χ4v) is 2.21. The van der Waals surface area contributed by atoms with Crippen molar-refractivity contribution in [2.75, 3.05) is 32.2 Å². The van der Waals surface area contributed by atoms with Crippen LogP contribution in [0.1, 0.15) is 22.3 Å². The number of ether oxygens (including phenoxy) is 2. The molecule has 0 heterocycles. The molecule has 0 aliphatic rings. The predicted molar refractivity (Wildman–Crippen MR) is 101 cm³/mol. The van der Waals surface area contributed by atoms with Gasteiger partial charge in [0.05, 0.1) is 0 Å². The Morgan fingerprint density at radius 3 is 2.35 bits per heavy atom. The molecule has 0 saturated carbocycles. The number of aryl methyl sites for hydroxylation is 1. The van der Waals surface area contributed by atoms with E-state index in [0.29, 0.717) is 30.2 Å². The van der Waals surface area contributed by atoms with Crippen molar-refractivity contribution in [1.82, 2.24) is 5.32 Å². The van der Waals surface area contributed by atoms with Crippen LogP contribution in [0.25, 0.3) is 0 Å². The number of amides is 2. The van der Waals surface area contributed by atoms with Crippen molar-refractivity contribution < 1.29 is 19.1 Å². The van der Waals surface area contributed by atoms with E-state index in [-0.39, 0.29) is 18.4 Å². The zero-order valence-corrected chi connectivity index (χ0v) is 15.1. The number of benzene rings is 2. The molecule has 0 aliphatic carbocycles. The van der Waals surface area contributed by atoms with Crippen molar-refractivity contribution in [3.63, 3.8) is 0 Å². The van der Waals surface area contributed by atoms with Gasteiger partial charge in [-0.3, -0.25) is 9.59 Å². The van der Waals surface area contributed by atoms with E-state index in [9.17, 15) is 9.59 Å². The number of hydrogen-bond acceptors (Lipinski definition) is 4. The molecular formula is C20H24N2O4. The van der Waals surface area contributed by atoms with E-state index in [4.69, 9.17) is 9.47 Å². The van der Waals surface area contributed by atoms with Gasteiger partial charge in [-0.2, -0.15) is 0 Å². The number of nitrogens with one attached hydrogen (secondary N) is 2. The van der Waals surface area contributed by atoms with Crippen LogP contribution < -0.4 is 15.4 Å². The smallest absolute Gasteiger partial charge is 0.262 e. The number of carbonyl (C=O) groups excluding carboxylic acids is 2. The van der Waals surface area contributed by atoms with E-state index in [2.05, 4.69) is 10.6 Å². The third-order valence-corrected chi connectivity index (χ3v) is 3.63. The highest BCUT2D eigenvalue weighted by atomic mass is 16.5. The van der Waals surface area contributed by atoms with Crippen LogP contribution in [0.2, 0.25) is 0 Å². The molecule has 6 nitrogen and oxygen atoms in total. The lowest BCUT2D eigenvalue weighted by Gasteiger charge is -2.09. The van der Waals surface area contributed by atoms with Crippen molar-refractivity contribution in [3.8, 4) is 5.75 Å². The average molecular weight is 356 g/mol. The monoisotopic (exact) mass is 356 g/mol. The van der Waals surface area contributed by atoms with Gasteiger partial charge < -0.3 is 20.1 Å². The minimum Gasteiger partial charge on any atom is -0.484 e. The molecule has 2 rings (SSSR count). The maximum Gasteiger partial charge on any atom is 0.262 e. The molecule has 2 aromatic carbocycles. The first-order valence-corrected chi connectivity index (χ1v) is 8.45. The topological polar surface area (TPSA) is 76.7 Å². The Morgan fingerprint density at radius 1 is 1.00 bits per heavy atom. The Kier molecular flexibility index (Phi) is 7.64. The van der Waals surface area contributed by atoms with Crippen molar-refractivity contribution in [3.05, 3.63) is 59.7 Å². The zero-order chi connectivity index (χ0) is 18.8. The Hall–Kier alpha value is -2.86. The summed E-state index contributed by atoms with van der Waals surface area (Å²) in [6.07, 6.45) is 0.761. The van der Waals surface area contributed by atoms with E-state index in [1.165, 1.54) is 0 Å². The van der Waals surface area contributed by atoms with Crippen LogP contribution in [0, 0.1) is 6.92 Å². The van der Waals surface area contributed by atoms with Gasteiger partial charge >= 0.3 is 0 Å². The van der Waals surface area contributed by atoms with Gasteiger partial charge in [0.1, 0.15) is 5.75 Å². The van der Waals surface area contributed by atoms with E-state index in [1.807, 2.05) is 31.2 Å². The minimum absolute atomic E-state index is 0.0786. The standard InChI is InChI=1S/C20H24N2O4/c1-15-4-10-18(11-5-15)26-14-19(23)22-17-8-6-16(7-9-17)20(24)21-12-3-13-25-2/h4-11H,3,12-14H2,1-2H3,(H,21,24)(H,22,23). The second-order valence-corrected chi connectivity index (χ2v) is 5.83. The SMILES string of the molecule is COCCCNC(=O)c1ccc(NC(=O)COc2ccc(C)cc2)cc1. The second-order valence-electron chi connectivity index (χ2n) is 5.83. The van der Waals surface area contributed by atoms with Crippen LogP contribution >= 0.6 is 0 Å². The lowest BCUT2D eigenvalue weighted by Crippen LogP contribution is -2.25. The van der Waals surface area contributed by atoms with E-state index in [1.54, 1.807) is 31.4 Å². The highest BCUT2D eigenvalue weighted by molar-refractivity contribution is 5.96. The molecule has 2 amide bonds. The Labute approximate surface area is 153 Å². The molecule has 6 heteroatoms. The van der Waals surface area contributed by atoms with Crippen LogP contribution in [0.15, 0.2) is 48.5 Å². The Morgan fingerprint density at radius 2 is 1.69 bits per heavy atom. The molecule has 2 aromatic rings. The van der Waals surface area contributed by atoms with Gasteiger partial charge in [0.15, 0.2) is 6.61 Å². The van der Waals surface area contributed by atoms with Crippen molar-refractivity contribution >= 4 is 17.5 Å². The summed E-state index contributed by atoms with van der Waals surface area (Å²) in [6, 6.07) is 14.2. The summed E-state index contributed by atoms with van der Waals surface area (Å²) in [6.45, 7) is 3.07. The summed E-state index contributed by atoms with van der Waals surface area (Å²) in [5, 5.41) is 5.55. The fraction of sp³-hybridized carbons (Fsp3) is 0.300. The van der Waals surface area contributed by atoms with Gasteiger partial charge in [-0.25, -0.2) is 0 Å². The third-order valence-electron chi connectivity index (χ3n) is 3.63. The summed E-state index contributed by atoms with van der Waals surface area (Å²) < 4.78 is 10.4. The molecule has 0 bridgehead atoms. The highest BCUT2D eigenvalue weighted by Crippen LogP contribution is 2.12. The molecule has 138 valence electrons. The second kappa shape index (κ2) is 10.2. The first-order valence-electron chi connectivity index (χ1n) is 8.45. The fourth-order valence-electron chi connectivity index (χ4n) is 2.21. The van der Waals surface area contributed by atoms with Crippen molar-refractivity contribution in [2.45, 2.75) is 13.3 Å². The first kappa shape index (κ1) is 19.5. The average Bonchev–Trinajstić information content (AvgIpc) is 2.65. The van der Waals surface area contributed by atoms with Gasteiger partial charge in [0.25, 0.3) is 11.8 Å². The van der Waals surface area contributed by atoms with Crippen molar-refractivity contribution in [2.24, 2.45) is 0 Å². The van der Waals surface area contributed by atoms with Gasteiger partial charge in [-0.15, -0.1) is 0 Å². The summed E-state index contributed by atoms with van der Waals surface area (Å²) in [5.74, 6) is 0.232. The normalized spacial score (nSPS) is 10.2. The molecule has 0 unspecified atom stereocenters. The van der Waals surface area contributed by atoms with Crippen LogP contribution in [0.3, 0.4) is 0 Å².